The number of carbonyl (C=O) groups is 2. The first-order valence-corrected chi connectivity index (χ1v) is 14.2. The van der Waals surface area contributed by atoms with Gasteiger partial charge in [0.15, 0.2) is 16.4 Å². The normalized spacial score (nSPS) is 12.4. The van der Waals surface area contributed by atoms with Crippen molar-refractivity contribution in [3.8, 4) is 16.5 Å². The SMILES string of the molecule is CNC(=O)C(C)(C)Oc1ccc2c(c1)c(C=CC(=O)O)cn2Cc1ccc2oc(-c3nc(C(C)(C)C)cs3)cc2c1. The second-order valence-corrected chi connectivity index (χ2v) is 12.4. The van der Waals surface area contributed by atoms with E-state index >= 15 is 0 Å². The summed E-state index contributed by atoms with van der Waals surface area (Å²) in [7, 11) is 1.56. The molecule has 0 aliphatic heterocycles. The molecular formula is C32H33N3O5S. The maximum atomic E-state index is 12.2. The average Bonchev–Trinajstić information content (AvgIpc) is 3.63. The molecule has 2 aromatic carbocycles. The van der Waals surface area contributed by atoms with E-state index in [4.69, 9.17) is 14.1 Å². The predicted molar refractivity (Wildman–Crippen MR) is 163 cm³/mol. The van der Waals surface area contributed by atoms with Crippen LogP contribution in [0.5, 0.6) is 5.75 Å². The van der Waals surface area contributed by atoms with Gasteiger partial charge in [0.05, 0.1) is 5.69 Å². The van der Waals surface area contributed by atoms with Crippen molar-refractivity contribution in [1.82, 2.24) is 14.9 Å². The topological polar surface area (TPSA) is 107 Å². The molecule has 0 saturated heterocycles. The summed E-state index contributed by atoms with van der Waals surface area (Å²) in [6.45, 7) is 10.4. The number of nitrogens with one attached hydrogen (secondary N) is 1. The Balaban J connectivity index is 1.48. The number of hydrogen-bond acceptors (Lipinski definition) is 6. The van der Waals surface area contributed by atoms with Crippen molar-refractivity contribution >= 4 is 51.2 Å². The molecule has 3 heterocycles. The smallest absolute Gasteiger partial charge is 0.328 e. The van der Waals surface area contributed by atoms with E-state index in [1.807, 2.05) is 42.6 Å². The molecule has 212 valence electrons. The molecule has 9 heteroatoms. The molecule has 0 aliphatic carbocycles. The number of carboxylic acids is 1. The summed E-state index contributed by atoms with van der Waals surface area (Å²) in [5.74, 6) is -0.0195. The number of aliphatic carboxylic acids is 1. The van der Waals surface area contributed by atoms with Crippen LogP contribution in [0, 0.1) is 0 Å². The number of ether oxygens (including phenoxy) is 1. The number of rotatable bonds is 8. The Morgan fingerprint density at radius 3 is 2.59 bits per heavy atom. The van der Waals surface area contributed by atoms with Crippen molar-refractivity contribution in [2.24, 2.45) is 0 Å². The highest BCUT2D eigenvalue weighted by Crippen LogP contribution is 2.34. The largest absolute Gasteiger partial charge is 0.478 e. The van der Waals surface area contributed by atoms with E-state index in [2.05, 4.69) is 42.1 Å². The van der Waals surface area contributed by atoms with Crippen molar-refractivity contribution in [1.29, 1.82) is 0 Å². The Morgan fingerprint density at radius 1 is 1.12 bits per heavy atom. The first-order chi connectivity index (χ1) is 19.3. The third-order valence-corrected chi connectivity index (χ3v) is 7.71. The number of aromatic nitrogens is 2. The zero-order valence-electron chi connectivity index (χ0n) is 23.9. The van der Waals surface area contributed by atoms with Gasteiger partial charge in [-0.1, -0.05) is 26.8 Å². The minimum atomic E-state index is -1.08. The van der Waals surface area contributed by atoms with Gasteiger partial charge >= 0.3 is 5.97 Å². The second-order valence-electron chi connectivity index (χ2n) is 11.5. The number of amides is 1. The molecule has 41 heavy (non-hydrogen) atoms. The third-order valence-electron chi connectivity index (χ3n) is 6.85. The highest BCUT2D eigenvalue weighted by Gasteiger charge is 2.29. The van der Waals surface area contributed by atoms with E-state index in [-0.39, 0.29) is 11.3 Å². The number of furan rings is 1. The summed E-state index contributed by atoms with van der Waals surface area (Å²) in [5.41, 5.74) is 3.43. The lowest BCUT2D eigenvalue weighted by Crippen LogP contribution is -2.45. The predicted octanol–water partition coefficient (Wildman–Crippen LogP) is 6.86. The Morgan fingerprint density at radius 2 is 1.90 bits per heavy atom. The van der Waals surface area contributed by atoms with Crippen LogP contribution in [-0.4, -0.2) is 39.2 Å². The molecule has 0 radical (unpaired) electrons. The monoisotopic (exact) mass is 571 g/mol. The summed E-state index contributed by atoms with van der Waals surface area (Å²) >= 11 is 1.58. The third kappa shape index (κ3) is 5.90. The number of thiazole rings is 1. The lowest BCUT2D eigenvalue weighted by atomic mass is 9.93. The minimum absolute atomic E-state index is 0.0286. The first-order valence-electron chi connectivity index (χ1n) is 13.3. The number of nitrogens with zero attached hydrogens (tertiary/aromatic N) is 2. The molecule has 0 atom stereocenters. The van der Waals surface area contributed by atoms with Crippen molar-refractivity contribution < 1.29 is 23.8 Å². The van der Waals surface area contributed by atoms with Gasteiger partial charge in [0, 0.05) is 58.5 Å². The fraction of sp³-hybridized carbons (Fsp3) is 0.281. The molecule has 5 aromatic rings. The second kappa shape index (κ2) is 10.6. The number of carbonyl (C=O) groups excluding carboxylic acids is 1. The maximum absolute atomic E-state index is 12.2. The molecule has 1 amide bonds. The summed E-state index contributed by atoms with van der Waals surface area (Å²) in [6, 6.07) is 13.7. The van der Waals surface area contributed by atoms with E-state index in [1.165, 1.54) is 0 Å². The minimum Gasteiger partial charge on any atom is -0.478 e. The van der Waals surface area contributed by atoms with Crippen LogP contribution in [-0.2, 0) is 21.5 Å². The van der Waals surface area contributed by atoms with Gasteiger partial charge in [-0.3, -0.25) is 4.79 Å². The van der Waals surface area contributed by atoms with E-state index < -0.39 is 11.6 Å². The molecule has 3 aromatic heterocycles. The summed E-state index contributed by atoms with van der Waals surface area (Å²) in [4.78, 5) is 28.3. The maximum Gasteiger partial charge on any atom is 0.328 e. The first kappa shape index (κ1) is 28.2. The molecule has 0 saturated carbocycles. The van der Waals surface area contributed by atoms with Crippen molar-refractivity contribution in [3.05, 3.63) is 76.9 Å². The van der Waals surface area contributed by atoms with Gasteiger partial charge in [-0.05, 0) is 61.9 Å². The lowest BCUT2D eigenvalue weighted by molar-refractivity contribution is -0.133. The van der Waals surface area contributed by atoms with E-state index in [0.29, 0.717) is 12.3 Å². The van der Waals surface area contributed by atoms with E-state index in [0.717, 1.165) is 55.5 Å². The fourth-order valence-electron chi connectivity index (χ4n) is 4.66. The highest BCUT2D eigenvalue weighted by atomic mass is 32.1. The zero-order valence-corrected chi connectivity index (χ0v) is 24.8. The van der Waals surface area contributed by atoms with Gasteiger partial charge in [0.25, 0.3) is 5.91 Å². The Labute approximate surface area is 242 Å². The number of benzene rings is 2. The summed E-state index contributed by atoms with van der Waals surface area (Å²) in [6.07, 6.45) is 4.61. The molecule has 0 aliphatic rings. The number of carboxylic acid groups (broad SMARTS) is 1. The van der Waals surface area contributed by atoms with Crippen LogP contribution < -0.4 is 10.1 Å². The molecule has 0 bridgehead atoms. The molecule has 8 nitrogen and oxygen atoms in total. The fourth-order valence-corrected chi connectivity index (χ4v) is 5.66. The van der Waals surface area contributed by atoms with Crippen LogP contribution in [0.15, 0.2) is 64.5 Å². The van der Waals surface area contributed by atoms with Crippen LogP contribution >= 0.6 is 11.3 Å². The molecule has 5 rings (SSSR count). The molecule has 0 spiro atoms. The number of hydrogen-bond donors (Lipinski definition) is 2. The Hall–Kier alpha value is -4.37. The lowest BCUT2D eigenvalue weighted by Gasteiger charge is -2.24. The standard InChI is InChI=1S/C32H33N3O5S/c1-31(2,3)27-18-41-29(34-27)26-14-21-13-19(7-11-25(21)39-26)16-35-17-20(8-12-28(36)37)23-15-22(9-10-24(23)35)40-32(4,5)30(38)33-6/h7-15,17-18H,16H2,1-6H3,(H,33,38)(H,36,37). The van der Waals surface area contributed by atoms with Crippen LogP contribution in [0.3, 0.4) is 0 Å². The Kier molecular flexibility index (Phi) is 7.25. The number of likely N-dealkylation sites (N-methyl/N-ethyl adjacent to an activating group) is 1. The summed E-state index contributed by atoms with van der Waals surface area (Å²) < 4.78 is 14.2. The van der Waals surface area contributed by atoms with Crippen LogP contribution in [0.25, 0.3) is 38.7 Å². The van der Waals surface area contributed by atoms with Gasteiger partial charge < -0.3 is 24.1 Å². The van der Waals surface area contributed by atoms with Crippen molar-refractivity contribution in [3.63, 3.8) is 0 Å². The van der Waals surface area contributed by atoms with E-state index in [1.54, 1.807) is 38.3 Å². The van der Waals surface area contributed by atoms with E-state index in [9.17, 15) is 14.7 Å². The summed E-state index contributed by atoms with van der Waals surface area (Å²) in [5, 5.41) is 16.6. The van der Waals surface area contributed by atoms with Gasteiger partial charge in [0.1, 0.15) is 11.3 Å². The Bertz CT molecular complexity index is 1800. The quantitative estimate of drug-likeness (QED) is 0.197. The highest BCUT2D eigenvalue weighted by molar-refractivity contribution is 7.13. The van der Waals surface area contributed by atoms with Crippen LogP contribution in [0.1, 0.15) is 51.4 Å². The van der Waals surface area contributed by atoms with Gasteiger partial charge in [-0.25, -0.2) is 9.78 Å². The van der Waals surface area contributed by atoms with Crippen molar-refractivity contribution in [2.75, 3.05) is 7.05 Å². The van der Waals surface area contributed by atoms with Crippen molar-refractivity contribution in [2.45, 2.75) is 52.2 Å². The molecule has 2 N–H and O–H groups in total. The van der Waals surface area contributed by atoms with Gasteiger partial charge in [-0.15, -0.1) is 11.3 Å². The molecular weight excluding hydrogens is 538 g/mol. The van der Waals surface area contributed by atoms with Crippen LogP contribution in [0.2, 0.25) is 0 Å². The molecule has 0 unspecified atom stereocenters. The van der Waals surface area contributed by atoms with Crippen LogP contribution in [0.4, 0.5) is 0 Å². The van der Waals surface area contributed by atoms with Gasteiger partial charge in [-0.2, -0.15) is 0 Å². The average molecular weight is 572 g/mol. The molecule has 0 fully saturated rings. The number of fused-ring (bicyclic) bond motifs is 2. The van der Waals surface area contributed by atoms with Gasteiger partial charge in [0.2, 0.25) is 0 Å². The zero-order chi connectivity index (χ0) is 29.5.